The molecule has 4 aromatic rings. The summed E-state index contributed by atoms with van der Waals surface area (Å²) in [6.45, 7) is 1.93. The van der Waals surface area contributed by atoms with E-state index in [0.717, 1.165) is 23.3 Å². The maximum atomic E-state index is 13.5. The first-order chi connectivity index (χ1) is 13.0. The predicted octanol–water partition coefficient (Wildman–Crippen LogP) is 3.54. The first kappa shape index (κ1) is 16.8. The normalized spacial score (nSPS) is 10.9. The lowest BCUT2D eigenvalue weighted by Gasteiger charge is -2.06. The van der Waals surface area contributed by atoms with Gasteiger partial charge in [-0.3, -0.25) is 4.79 Å². The molecule has 0 aliphatic carbocycles. The van der Waals surface area contributed by atoms with Gasteiger partial charge in [-0.1, -0.05) is 28.9 Å². The van der Waals surface area contributed by atoms with Gasteiger partial charge < -0.3 is 4.52 Å². The van der Waals surface area contributed by atoms with E-state index in [1.54, 1.807) is 0 Å². The largest absolute Gasteiger partial charge is 0.332 e. The van der Waals surface area contributed by atoms with Gasteiger partial charge in [0.2, 0.25) is 11.3 Å². The van der Waals surface area contributed by atoms with Crippen molar-refractivity contribution in [1.29, 1.82) is 0 Å². The quantitative estimate of drug-likeness (QED) is 0.554. The van der Waals surface area contributed by atoms with Crippen molar-refractivity contribution in [3.8, 4) is 28.7 Å². The highest BCUT2D eigenvalue weighted by molar-refractivity contribution is 5.58. The number of nitrogens with zero attached hydrogens (tertiary/aromatic N) is 4. The van der Waals surface area contributed by atoms with Crippen molar-refractivity contribution in [2.45, 2.75) is 6.92 Å². The van der Waals surface area contributed by atoms with Crippen molar-refractivity contribution in [2.24, 2.45) is 0 Å². The Bertz CT molecular complexity index is 1200. The second-order valence-electron chi connectivity index (χ2n) is 5.86. The molecule has 0 N–H and O–H groups in total. The Hall–Kier alpha value is -3.68. The summed E-state index contributed by atoms with van der Waals surface area (Å²) in [6.07, 6.45) is 1.34. The average Bonchev–Trinajstić information content (AvgIpc) is 3.14. The zero-order valence-corrected chi connectivity index (χ0v) is 14.1. The Morgan fingerprint density at radius 1 is 1.04 bits per heavy atom. The van der Waals surface area contributed by atoms with E-state index in [0.29, 0.717) is 5.82 Å². The highest BCUT2D eigenvalue weighted by Crippen LogP contribution is 2.20. The monoisotopic (exact) mass is 366 g/mol. The van der Waals surface area contributed by atoms with Crippen LogP contribution in [0.25, 0.3) is 28.7 Å². The minimum absolute atomic E-state index is 0.0616. The Morgan fingerprint density at radius 3 is 2.67 bits per heavy atom. The molecule has 2 aromatic heterocycles. The molecular formula is C19H12F2N4O2. The van der Waals surface area contributed by atoms with Crippen LogP contribution in [0.15, 0.2) is 64.0 Å². The third kappa shape index (κ3) is 3.24. The summed E-state index contributed by atoms with van der Waals surface area (Å²) in [5.74, 6) is -1.74. The van der Waals surface area contributed by atoms with Gasteiger partial charge in [0.15, 0.2) is 17.3 Å². The summed E-state index contributed by atoms with van der Waals surface area (Å²) in [6, 6.07) is 12.0. The lowest BCUT2D eigenvalue weighted by molar-refractivity contribution is 0.429. The second-order valence-corrected chi connectivity index (χ2v) is 5.86. The van der Waals surface area contributed by atoms with Gasteiger partial charge in [-0.25, -0.2) is 13.5 Å². The third-order valence-electron chi connectivity index (χ3n) is 3.88. The van der Waals surface area contributed by atoms with Crippen molar-refractivity contribution in [3.05, 3.63) is 82.1 Å². The van der Waals surface area contributed by atoms with Crippen molar-refractivity contribution >= 4 is 0 Å². The van der Waals surface area contributed by atoms with Crippen LogP contribution in [-0.4, -0.2) is 19.9 Å². The molecule has 0 unspecified atom stereocenters. The van der Waals surface area contributed by atoms with E-state index in [1.165, 1.54) is 23.0 Å². The van der Waals surface area contributed by atoms with E-state index >= 15 is 0 Å². The summed E-state index contributed by atoms with van der Waals surface area (Å²) in [4.78, 5) is 16.4. The number of hydrogen-bond donors (Lipinski definition) is 0. The van der Waals surface area contributed by atoms with Gasteiger partial charge in [-0.15, -0.1) is 0 Å². The van der Waals surface area contributed by atoms with Crippen LogP contribution in [-0.2, 0) is 0 Å². The molecule has 6 nitrogen and oxygen atoms in total. The van der Waals surface area contributed by atoms with Crippen LogP contribution in [0.3, 0.4) is 0 Å². The summed E-state index contributed by atoms with van der Waals surface area (Å²) >= 11 is 0. The van der Waals surface area contributed by atoms with Gasteiger partial charge in [-0.05, 0) is 25.1 Å². The van der Waals surface area contributed by atoms with Crippen LogP contribution in [0, 0.1) is 18.6 Å². The Kier molecular flexibility index (Phi) is 4.08. The van der Waals surface area contributed by atoms with Gasteiger partial charge in [-0.2, -0.15) is 10.1 Å². The molecule has 0 aliphatic rings. The fraction of sp³-hybridized carbons (Fsp3) is 0.0526. The van der Waals surface area contributed by atoms with Crippen molar-refractivity contribution < 1.29 is 13.3 Å². The predicted molar refractivity (Wildman–Crippen MR) is 93.2 cm³/mol. The number of hydrogen-bond acceptors (Lipinski definition) is 5. The number of aryl methyl sites for hydroxylation is 1. The second kappa shape index (κ2) is 6.56. The number of aromatic nitrogens is 4. The van der Waals surface area contributed by atoms with E-state index in [9.17, 15) is 13.6 Å². The first-order valence-corrected chi connectivity index (χ1v) is 7.98. The van der Waals surface area contributed by atoms with Crippen LogP contribution in [0.2, 0.25) is 0 Å². The zero-order chi connectivity index (χ0) is 19.0. The number of benzene rings is 2. The fourth-order valence-electron chi connectivity index (χ4n) is 2.55. The minimum atomic E-state index is -1.02. The van der Waals surface area contributed by atoms with E-state index in [2.05, 4.69) is 15.2 Å². The van der Waals surface area contributed by atoms with Crippen LogP contribution in [0.5, 0.6) is 0 Å². The van der Waals surface area contributed by atoms with E-state index in [-0.39, 0.29) is 17.3 Å². The van der Waals surface area contributed by atoms with Gasteiger partial charge in [0.25, 0.3) is 5.89 Å². The molecule has 0 saturated carbocycles. The molecule has 27 heavy (non-hydrogen) atoms. The number of halogens is 2. The van der Waals surface area contributed by atoms with E-state index in [4.69, 9.17) is 4.52 Å². The van der Waals surface area contributed by atoms with Crippen molar-refractivity contribution in [1.82, 2.24) is 19.9 Å². The van der Waals surface area contributed by atoms with E-state index in [1.807, 2.05) is 31.2 Å². The Balaban J connectivity index is 1.76. The molecule has 8 heteroatoms. The fourth-order valence-corrected chi connectivity index (χ4v) is 2.55. The van der Waals surface area contributed by atoms with Gasteiger partial charge in [0.05, 0.1) is 5.69 Å². The molecule has 134 valence electrons. The molecule has 0 bridgehead atoms. The minimum Gasteiger partial charge on any atom is -0.332 e. The van der Waals surface area contributed by atoms with Gasteiger partial charge in [0, 0.05) is 23.9 Å². The summed E-state index contributed by atoms with van der Waals surface area (Å²) in [5.41, 5.74) is 1.48. The molecule has 0 fully saturated rings. The molecule has 0 saturated heterocycles. The molecule has 4 rings (SSSR count). The zero-order valence-electron chi connectivity index (χ0n) is 14.1. The van der Waals surface area contributed by atoms with Gasteiger partial charge in [0.1, 0.15) is 0 Å². The molecule has 0 aliphatic heterocycles. The summed E-state index contributed by atoms with van der Waals surface area (Å²) < 4.78 is 33.0. The molecular weight excluding hydrogens is 354 g/mol. The standard InChI is InChI=1S/C19H12F2N4O2/c1-11-3-2-4-12(9-11)18-22-19(27-24-18)17-16(26)7-8-25(23-17)13-5-6-14(20)15(21)10-13/h2-10H,1H3. The smallest absolute Gasteiger partial charge is 0.282 e. The Labute approximate surface area is 151 Å². The molecule has 0 spiro atoms. The van der Waals surface area contributed by atoms with Crippen molar-refractivity contribution in [3.63, 3.8) is 0 Å². The highest BCUT2D eigenvalue weighted by Gasteiger charge is 2.16. The maximum absolute atomic E-state index is 13.5. The lowest BCUT2D eigenvalue weighted by Crippen LogP contribution is -2.13. The summed E-state index contributed by atoms with van der Waals surface area (Å²) in [7, 11) is 0. The van der Waals surface area contributed by atoms with Crippen LogP contribution in [0.4, 0.5) is 8.78 Å². The van der Waals surface area contributed by atoms with Crippen LogP contribution >= 0.6 is 0 Å². The third-order valence-corrected chi connectivity index (χ3v) is 3.88. The summed E-state index contributed by atoms with van der Waals surface area (Å²) in [5, 5.41) is 8.02. The van der Waals surface area contributed by atoms with Crippen LogP contribution in [0.1, 0.15) is 5.56 Å². The highest BCUT2D eigenvalue weighted by atomic mass is 19.2. The average molecular weight is 366 g/mol. The Morgan fingerprint density at radius 2 is 1.89 bits per heavy atom. The van der Waals surface area contributed by atoms with E-state index < -0.39 is 17.1 Å². The number of rotatable bonds is 3. The van der Waals surface area contributed by atoms with Crippen molar-refractivity contribution in [2.75, 3.05) is 0 Å². The van der Waals surface area contributed by atoms with Crippen LogP contribution < -0.4 is 5.43 Å². The molecule has 0 amide bonds. The maximum Gasteiger partial charge on any atom is 0.282 e. The molecule has 2 heterocycles. The molecule has 0 radical (unpaired) electrons. The topological polar surface area (TPSA) is 73.8 Å². The SMILES string of the molecule is Cc1cccc(-c2noc(-c3nn(-c4ccc(F)c(F)c4)ccc3=O)n2)c1. The first-order valence-electron chi connectivity index (χ1n) is 7.98. The lowest BCUT2D eigenvalue weighted by atomic mass is 10.1. The van der Waals surface area contributed by atoms with Gasteiger partial charge >= 0.3 is 0 Å². The molecule has 2 aromatic carbocycles. The molecule has 0 atom stereocenters.